The molecule has 0 radical (unpaired) electrons. The Hall–Kier alpha value is -3.64. The zero-order valence-electron chi connectivity index (χ0n) is 18.6. The van der Waals surface area contributed by atoms with Crippen molar-refractivity contribution in [3.05, 3.63) is 88.9 Å². The first-order valence-electron chi connectivity index (χ1n) is 10.8. The molecule has 6 heteroatoms. The SMILES string of the molecule is CC(C)c1ccc(CC(=O)O)c(OCc2cc(-c3cccc(CN)c3F)c3occc3c2)c1. The summed E-state index contributed by atoms with van der Waals surface area (Å²) in [6, 6.07) is 16.4. The monoisotopic (exact) mass is 447 g/mol. The van der Waals surface area contributed by atoms with Crippen molar-refractivity contribution in [2.75, 3.05) is 0 Å². The summed E-state index contributed by atoms with van der Waals surface area (Å²) in [4.78, 5) is 11.3. The van der Waals surface area contributed by atoms with Crippen molar-refractivity contribution >= 4 is 16.9 Å². The molecule has 0 atom stereocenters. The van der Waals surface area contributed by atoms with Gasteiger partial charge in [-0.1, -0.05) is 44.2 Å². The maximum absolute atomic E-state index is 15.1. The lowest BCUT2D eigenvalue weighted by molar-refractivity contribution is -0.136. The summed E-state index contributed by atoms with van der Waals surface area (Å²) < 4.78 is 26.8. The maximum atomic E-state index is 15.1. The lowest BCUT2D eigenvalue weighted by Gasteiger charge is -2.15. The Bertz CT molecular complexity index is 1310. The van der Waals surface area contributed by atoms with Gasteiger partial charge in [0.2, 0.25) is 0 Å². The van der Waals surface area contributed by atoms with E-state index < -0.39 is 5.97 Å². The number of benzene rings is 3. The van der Waals surface area contributed by atoms with Crippen LogP contribution in [-0.4, -0.2) is 11.1 Å². The lowest BCUT2D eigenvalue weighted by atomic mass is 9.98. The van der Waals surface area contributed by atoms with Crippen LogP contribution in [0.1, 0.15) is 42.0 Å². The van der Waals surface area contributed by atoms with Crippen molar-refractivity contribution in [2.24, 2.45) is 5.73 Å². The normalized spacial score (nSPS) is 11.3. The molecular weight excluding hydrogens is 421 g/mol. The van der Waals surface area contributed by atoms with Crippen LogP contribution in [0.2, 0.25) is 0 Å². The molecule has 1 heterocycles. The van der Waals surface area contributed by atoms with E-state index >= 15 is 4.39 Å². The van der Waals surface area contributed by atoms with E-state index in [1.165, 1.54) is 0 Å². The van der Waals surface area contributed by atoms with Gasteiger partial charge in [0.25, 0.3) is 0 Å². The van der Waals surface area contributed by atoms with Crippen molar-refractivity contribution in [1.82, 2.24) is 0 Å². The lowest BCUT2D eigenvalue weighted by Crippen LogP contribution is -2.05. The molecule has 3 N–H and O–H groups in total. The highest BCUT2D eigenvalue weighted by Crippen LogP contribution is 2.34. The molecule has 0 aliphatic heterocycles. The molecule has 33 heavy (non-hydrogen) atoms. The standard InChI is InChI=1S/C27H26FNO4/c1-16(2)18-6-7-19(13-25(30)31)24(12-18)33-15-17-10-20-8-9-32-27(20)23(11-17)22-5-3-4-21(14-29)26(22)28/h3-12,16H,13-15,29H2,1-2H3,(H,30,31). The highest BCUT2D eigenvalue weighted by molar-refractivity contribution is 5.93. The number of carbonyl (C=O) groups is 1. The fraction of sp³-hybridized carbons (Fsp3) is 0.222. The maximum Gasteiger partial charge on any atom is 0.307 e. The van der Waals surface area contributed by atoms with Gasteiger partial charge in [0.05, 0.1) is 12.7 Å². The second kappa shape index (κ2) is 9.46. The van der Waals surface area contributed by atoms with Gasteiger partial charge in [-0.2, -0.15) is 0 Å². The van der Waals surface area contributed by atoms with E-state index in [1.54, 1.807) is 30.5 Å². The molecular formula is C27H26FNO4. The number of fused-ring (bicyclic) bond motifs is 1. The van der Waals surface area contributed by atoms with E-state index in [0.29, 0.717) is 33.6 Å². The van der Waals surface area contributed by atoms with Crippen LogP contribution >= 0.6 is 0 Å². The van der Waals surface area contributed by atoms with Crippen LogP contribution in [-0.2, 0) is 24.4 Å². The number of aliphatic carboxylic acids is 1. The van der Waals surface area contributed by atoms with Crippen LogP contribution in [0.25, 0.3) is 22.1 Å². The predicted octanol–water partition coefficient (Wildman–Crippen LogP) is 6.03. The van der Waals surface area contributed by atoms with E-state index in [-0.39, 0.29) is 31.3 Å². The van der Waals surface area contributed by atoms with Gasteiger partial charge in [0.1, 0.15) is 23.8 Å². The van der Waals surface area contributed by atoms with Crippen LogP contribution in [0, 0.1) is 5.82 Å². The van der Waals surface area contributed by atoms with E-state index in [2.05, 4.69) is 13.8 Å². The first-order chi connectivity index (χ1) is 15.9. The molecule has 4 aromatic rings. The predicted molar refractivity (Wildman–Crippen MR) is 126 cm³/mol. The quantitative estimate of drug-likeness (QED) is 0.345. The van der Waals surface area contributed by atoms with Gasteiger partial charge in [-0.3, -0.25) is 4.79 Å². The van der Waals surface area contributed by atoms with Crippen molar-refractivity contribution in [3.63, 3.8) is 0 Å². The van der Waals surface area contributed by atoms with Crippen LogP contribution in [0.4, 0.5) is 4.39 Å². The van der Waals surface area contributed by atoms with E-state index in [4.69, 9.17) is 14.9 Å². The second-order valence-electron chi connectivity index (χ2n) is 8.35. The van der Waals surface area contributed by atoms with Crippen LogP contribution in [0.15, 0.2) is 65.3 Å². The summed E-state index contributed by atoms with van der Waals surface area (Å²) in [6.07, 6.45) is 1.44. The summed E-state index contributed by atoms with van der Waals surface area (Å²) in [5.41, 5.74) is 10.2. The Morgan fingerprint density at radius 1 is 1.09 bits per heavy atom. The molecule has 170 valence electrons. The summed E-state index contributed by atoms with van der Waals surface area (Å²) >= 11 is 0. The second-order valence-corrected chi connectivity index (χ2v) is 8.35. The Balaban J connectivity index is 1.72. The molecule has 1 aromatic heterocycles. The molecule has 0 saturated heterocycles. The number of nitrogens with two attached hydrogens (primary N) is 1. The molecule has 5 nitrogen and oxygen atoms in total. The van der Waals surface area contributed by atoms with E-state index in [9.17, 15) is 9.90 Å². The highest BCUT2D eigenvalue weighted by Gasteiger charge is 2.16. The summed E-state index contributed by atoms with van der Waals surface area (Å²) in [7, 11) is 0. The number of furan rings is 1. The molecule has 0 bridgehead atoms. The fourth-order valence-electron chi connectivity index (χ4n) is 3.91. The number of halogens is 1. The summed E-state index contributed by atoms with van der Waals surface area (Å²) in [5, 5.41) is 10.1. The van der Waals surface area contributed by atoms with E-state index in [0.717, 1.165) is 16.5 Å². The molecule has 0 fully saturated rings. The molecule has 0 spiro atoms. The average Bonchev–Trinajstić information content (AvgIpc) is 3.26. The minimum atomic E-state index is -0.922. The van der Waals surface area contributed by atoms with Gasteiger partial charge < -0.3 is 20.0 Å². The minimum Gasteiger partial charge on any atom is -0.489 e. The Morgan fingerprint density at radius 3 is 2.64 bits per heavy atom. The van der Waals surface area contributed by atoms with Gasteiger partial charge in [-0.25, -0.2) is 4.39 Å². The number of carboxylic acids is 1. The third kappa shape index (κ3) is 4.76. The molecule has 3 aromatic carbocycles. The van der Waals surface area contributed by atoms with Crippen LogP contribution in [0.3, 0.4) is 0 Å². The largest absolute Gasteiger partial charge is 0.489 e. The molecule has 0 aliphatic carbocycles. The van der Waals surface area contributed by atoms with E-state index in [1.807, 2.05) is 30.3 Å². The first-order valence-corrected chi connectivity index (χ1v) is 10.8. The number of carboxylic acid groups (broad SMARTS) is 1. The van der Waals surface area contributed by atoms with Gasteiger partial charge >= 0.3 is 5.97 Å². The average molecular weight is 448 g/mol. The van der Waals surface area contributed by atoms with Gasteiger partial charge in [-0.05, 0) is 41.3 Å². The van der Waals surface area contributed by atoms with Crippen molar-refractivity contribution < 1.29 is 23.4 Å². The molecule has 0 saturated carbocycles. The Morgan fingerprint density at radius 2 is 1.91 bits per heavy atom. The fourth-order valence-corrected chi connectivity index (χ4v) is 3.91. The van der Waals surface area contributed by atoms with Gasteiger partial charge in [0.15, 0.2) is 0 Å². The minimum absolute atomic E-state index is 0.0995. The zero-order chi connectivity index (χ0) is 23.5. The Labute approximate surface area is 191 Å². The number of rotatable bonds is 8. The molecule has 0 unspecified atom stereocenters. The van der Waals surface area contributed by atoms with Crippen molar-refractivity contribution in [2.45, 2.75) is 39.3 Å². The topological polar surface area (TPSA) is 85.7 Å². The van der Waals surface area contributed by atoms with Crippen molar-refractivity contribution in [3.8, 4) is 16.9 Å². The first kappa shape index (κ1) is 22.6. The zero-order valence-corrected chi connectivity index (χ0v) is 18.6. The highest BCUT2D eigenvalue weighted by atomic mass is 19.1. The number of ether oxygens (including phenoxy) is 1. The summed E-state index contributed by atoms with van der Waals surface area (Å²) in [6.45, 7) is 4.43. The van der Waals surface area contributed by atoms with Gasteiger partial charge in [-0.15, -0.1) is 0 Å². The number of hydrogen-bond acceptors (Lipinski definition) is 4. The molecule has 0 amide bonds. The van der Waals surface area contributed by atoms with Gasteiger partial charge in [0, 0.05) is 34.2 Å². The molecule has 4 rings (SSSR count). The summed E-state index contributed by atoms with van der Waals surface area (Å²) in [5.74, 6) is -0.481. The van der Waals surface area contributed by atoms with Crippen LogP contribution in [0.5, 0.6) is 5.75 Å². The van der Waals surface area contributed by atoms with Crippen LogP contribution < -0.4 is 10.5 Å². The third-order valence-corrected chi connectivity index (χ3v) is 5.69. The Kier molecular flexibility index (Phi) is 6.47. The van der Waals surface area contributed by atoms with Crippen molar-refractivity contribution in [1.29, 1.82) is 0 Å². The third-order valence-electron chi connectivity index (χ3n) is 5.69. The smallest absolute Gasteiger partial charge is 0.307 e. The number of hydrogen-bond donors (Lipinski definition) is 2. The molecule has 0 aliphatic rings.